The summed E-state index contributed by atoms with van der Waals surface area (Å²) in [4.78, 5) is 12.8. The normalized spacial score (nSPS) is 17.3. The molecule has 1 fully saturated rings. The minimum absolute atomic E-state index is 0.142. The fourth-order valence-electron chi connectivity index (χ4n) is 3.78. The van der Waals surface area contributed by atoms with E-state index in [9.17, 15) is 17.6 Å². The smallest absolute Gasteiger partial charge is 0.286 e. The molecule has 2 aromatic carbocycles. The van der Waals surface area contributed by atoms with Gasteiger partial charge in [-0.25, -0.2) is 12.8 Å². The molecule has 174 valence electrons. The van der Waals surface area contributed by atoms with Crippen LogP contribution in [-0.4, -0.2) is 41.9 Å². The molecule has 10 heteroatoms. The molecule has 1 atom stereocenters. The van der Waals surface area contributed by atoms with E-state index in [0.717, 1.165) is 23.3 Å². The van der Waals surface area contributed by atoms with E-state index in [-0.39, 0.29) is 22.4 Å². The maximum Gasteiger partial charge on any atom is 0.286 e. The summed E-state index contributed by atoms with van der Waals surface area (Å²) in [5.74, 6) is -0.745. The SMILES string of the molecule is CC(C)c1ccc(S(=O)(=O)N2CCC[C@H](c3nnc(C(=O)Nc4cccc(F)c4)s3)C2)cc1. The predicted molar refractivity (Wildman–Crippen MR) is 126 cm³/mol. The van der Waals surface area contributed by atoms with Gasteiger partial charge in [0.15, 0.2) is 0 Å². The summed E-state index contributed by atoms with van der Waals surface area (Å²) in [5.41, 5.74) is 1.42. The zero-order valence-corrected chi connectivity index (χ0v) is 20.0. The number of anilines is 1. The Morgan fingerprint density at radius 2 is 1.94 bits per heavy atom. The second-order valence-electron chi connectivity index (χ2n) is 8.34. The Hall–Kier alpha value is -2.69. The Labute approximate surface area is 196 Å². The van der Waals surface area contributed by atoms with Gasteiger partial charge in [0.1, 0.15) is 10.8 Å². The summed E-state index contributed by atoms with van der Waals surface area (Å²) in [7, 11) is -3.62. The first-order valence-electron chi connectivity index (χ1n) is 10.7. The van der Waals surface area contributed by atoms with Crippen LogP contribution in [0.3, 0.4) is 0 Å². The molecule has 2 heterocycles. The van der Waals surface area contributed by atoms with Crippen molar-refractivity contribution < 1.29 is 17.6 Å². The maximum absolute atomic E-state index is 13.3. The van der Waals surface area contributed by atoms with Gasteiger partial charge in [-0.15, -0.1) is 10.2 Å². The number of hydrogen-bond donors (Lipinski definition) is 1. The molecule has 3 aromatic rings. The Morgan fingerprint density at radius 1 is 1.18 bits per heavy atom. The lowest BCUT2D eigenvalue weighted by atomic mass is 10.0. The first kappa shape index (κ1) is 23.5. The largest absolute Gasteiger partial charge is 0.320 e. The van der Waals surface area contributed by atoms with Crippen LogP contribution in [0.5, 0.6) is 0 Å². The van der Waals surface area contributed by atoms with E-state index >= 15 is 0 Å². The molecule has 0 bridgehead atoms. The highest BCUT2D eigenvalue weighted by Gasteiger charge is 2.33. The highest BCUT2D eigenvalue weighted by Crippen LogP contribution is 2.32. The number of rotatable bonds is 6. The van der Waals surface area contributed by atoms with Gasteiger partial charge in [0.2, 0.25) is 15.0 Å². The molecule has 1 aliphatic rings. The third kappa shape index (κ3) is 5.29. The topological polar surface area (TPSA) is 92.3 Å². The van der Waals surface area contributed by atoms with E-state index in [1.165, 1.54) is 22.5 Å². The Kier molecular flexibility index (Phi) is 6.87. The third-order valence-electron chi connectivity index (χ3n) is 5.64. The van der Waals surface area contributed by atoms with E-state index < -0.39 is 21.7 Å². The van der Waals surface area contributed by atoms with Gasteiger partial charge < -0.3 is 5.32 Å². The summed E-state index contributed by atoms with van der Waals surface area (Å²) < 4.78 is 41.2. The number of carbonyl (C=O) groups is 1. The van der Waals surface area contributed by atoms with Crippen LogP contribution in [0.15, 0.2) is 53.4 Å². The van der Waals surface area contributed by atoms with Crippen molar-refractivity contribution in [3.05, 3.63) is 69.9 Å². The number of halogens is 1. The van der Waals surface area contributed by atoms with E-state index in [2.05, 4.69) is 29.4 Å². The van der Waals surface area contributed by atoms with Crippen molar-refractivity contribution in [2.45, 2.75) is 43.4 Å². The number of nitrogens with zero attached hydrogens (tertiary/aromatic N) is 3. The van der Waals surface area contributed by atoms with Gasteiger partial charge in [-0.3, -0.25) is 4.79 Å². The second-order valence-corrected chi connectivity index (χ2v) is 11.3. The third-order valence-corrected chi connectivity index (χ3v) is 8.60. The molecule has 7 nitrogen and oxygen atoms in total. The van der Waals surface area contributed by atoms with E-state index in [1.54, 1.807) is 18.2 Å². The van der Waals surface area contributed by atoms with Gasteiger partial charge in [-0.05, 0) is 54.7 Å². The Bertz CT molecular complexity index is 1240. The van der Waals surface area contributed by atoms with E-state index in [0.29, 0.717) is 29.6 Å². The fraction of sp³-hybridized carbons (Fsp3) is 0.348. The van der Waals surface area contributed by atoms with Crippen LogP contribution >= 0.6 is 11.3 Å². The Balaban J connectivity index is 1.46. The number of nitrogens with one attached hydrogen (secondary N) is 1. The molecular weight excluding hydrogens is 463 g/mol. The van der Waals surface area contributed by atoms with Crippen LogP contribution in [0.2, 0.25) is 0 Å². The standard InChI is InChI=1S/C23H25FN4O3S2/c1-15(2)16-8-10-20(11-9-16)33(30,31)28-12-4-5-17(14-28)22-26-27-23(32-22)21(29)25-19-7-3-6-18(24)13-19/h3,6-11,13,15,17H,4-5,12,14H2,1-2H3,(H,25,29)/t17-/m0/s1. The molecule has 0 aliphatic carbocycles. The molecule has 1 aliphatic heterocycles. The van der Waals surface area contributed by atoms with Crippen molar-refractivity contribution in [3.63, 3.8) is 0 Å². The predicted octanol–water partition coefficient (Wildman–Crippen LogP) is 4.62. The first-order chi connectivity index (χ1) is 15.7. The molecule has 0 unspecified atom stereocenters. The minimum atomic E-state index is -3.62. The quantitative estimate of drug-likeness (QED) is 0.547. The average molecular weight is 489 g/mol. The minimum Gasteiger partial charge on any atom is -0.320 e. The van der Waals surface area contributed by atoms with Gasteiger partial charge in [0.25, 0.3) is 5.91 Å². The number of carbonyl (C=O) groups excluding carboxylic acids is 1. The van der Waals surface area contributed by atoms with E-state index in [4.69, 9.17) is 0 Å². The highest BCUT2D eigenvalue weighted by atomic mass is 32.2. The molecule has 1 aromatic heterocycles. The molecule has 33 heavy (non-hydrogen) atoms. The van der Waals surface area contributed by atoms with Crippen LogP contribution in [-0.2, 0) is 10.0 Å². The molecule has 0 saturated carbocycles. The number of aromatic nitrogens is 2. The lowest BCUT2D eigenvalue weighted by molar-refractivity contribution is 0.102. The van der Waals surface area contributed by atoms with E-state index in [1.807, 2.05) is 12.1 Å². The number of hydrogen-bond acceptors (Lipinski definition) is 6. The molecular formula is C23H25FN4O3S2. The first-order valence-corrected chi connectivity index (χ1v) is 13.0. The molecule has 1 N–H and O–H groups in total. The second kappa shape index (κ2) is 9.66. The van der Waals surface area contributed by atoms with Crippen molar-refractivity contribution in [2.24, 2.45) is 0 Å². The average Bonchev–Trinajstić information content (AvgIpc) is 3.30. The number of amides is 1. The zero-order chi connectivity index (χ0) is 23.6. The molecule has 0 spiro atoms. The van der Waals surface area contributed by atoms with Crippen LogP contribution < -0.4 is 5.32 Å². The monoisotopic (exact) mass is 488 g/mol. The molecule has 1 amide bonds. The number of piperidine rings is 1. The lowest BCUT2D eigenvalue weighted by Crippen LogP contribution is -2.39. The summed E-state index contributed by atoms with van der Waals surface area (Å²) in [6.45, 7) is 4.85. The van der Waals surface area contributed by atoms with Gasteiger partial charge in [0.05, 0.1) is 4.90 Å². The number of sulfonamides is 1. The fourth-order valence-corrected chi connectivity index (χ4v) is 6.17. The molecule has 4 rings (SSSR count). The Morgan fingerprint density at radius 3 is 2.64 bits per heavy atom. The van der Waals surface area contributed by atoms with Crippen molar-refractivity contribution in [1.29, 1.82) is 0 Å². The zero-order valence-electron chi connectivity index (χ0n) is 18.4. The van der Waals surface area contributed by atoms with Gasteiger partial charge in [-0.2, -0.15) is 4.31 Å². The molecule has 1 saturated heterocycles. The van der Waals surface area contributed by atoms with Gasteiger partial charge in [-0.1, -0.05) is 43.4 Å². The van der Waals surface area contributed by atoms with Crippen LogP contribution in [0, 0.1) is 5.82 Å². The van der Waals surface area contributed by atoms with Crippen molar-refractivity contribution in [2.75, 3.05) is 18.4 Å². The summed E-state index contributed by atoms with van der Waals surface area (Å²) >= 11 is 1.14. The van der Waals surface area contributed by atoms with Gasteiger partial charge in [0, 0.05) is 24.7 Å². The molecule has 0 radical (unpaired) electrons. The summed E-state index contributed by atoms with van der Waals surface area (Å²) in [5, 5.41) is 11.5. The maximum atomic E-state index is 13.3. The van der Waals surface area contributed by atoms with Gasteiger partial charge >= 0.3 is 0 Å². The number of benzene rings is 2. The van der Waals surface area contributed by atoms with Crippen molar-refractivity contribution >= 4 is 33.0 Å². The summed E-state index contributed by atoms with van der Waals surface area (Å²) in [6.07, 6.45) is 1.46. The summed E-state index contributed by atoms with van der Waals surface area (Å²) in [6, 6.07) is 12.6. The van der Waals surface area contributed by atoms with Crippen molar-refractivity contribution in [1.82, 2.24) is 14.5 Å². The van der Waals surface area contributed by atoms with Crippen molar-refractivity contribution in [3.8, 4) is 0 Å². The van der Waals surface area contributed by atoms with Crippen LogP contribution in [0.4, 0.5) is 10.1 Å². The van der Waals surface area contributed by atoms with Crippen LogP contribution in [0.25, 0.3) is 0 Å². The highest BCUT2D eigenvalue weighted by molar-refractivity contribution is 7.89. The van der Waals surface area contributed by atoms with Crippen LogP contribution in [0.1, 0.15) is 58.9 Å². The lowest BCUT2D eigenvalue weighted by Gasteiger charge is -2.30.